The number of carbonyl (C=O) groups is 3. The Labute approximate surface area is 110 Å². The number of hydrogen-bond acceptors (Lipinski definition) is 4. The second-order valence-electron chi connectivity index (χ2n) is 4.06. The number of nitrogens with one attached hydrogen (secondary N) is 1. The van der Waals surface area contributed by atoms with Gasteiger partial charge < -0.3 is 16.8 Å². The molecular weight excluding hydrogens is 248 g/mol. The van der Waals surface area contributed by atoms with Crippen molar-refractivity contribution in [1.29, 1.82) is 0 Å². The molecular formula is C12H16N4O3. The maximum atomic E-state index is 11.7. The molecule has 19 heavy (non-hydrogen) atoms. The first kappa shape index (κ1) is 14.6. The Kier molecular flexibility index (Phi) is 5.46. The van der Waals surface area contributed by atoms with E-state index in [0.29, 0.717) is 5.56 Å². The smallest absolute Gasteiger partial charge is 0.252 e. The Balaban J connectivity index is 2.42. The molecule has 0 spiro atoms. The van der Waals surface area contributed by atoms with Crippen molar-refractivity contribution in [2.75, 3.05) is 6.54 Å². The third kappa shape index (κ3) is 5.15. The molecule has 3 amide bonds. The van der Waals surface area contributed by atoms with Gasteiger partial charge in [-0.05, 0) is 18.6 Å². The monoisotopic (exact) mass is 264 g/mol. The minimum Gasteiger partial charge on any atom is -0.370 e. The van der Waals surface area contributed by atoms with Crippen LogP contribution in [0.25, 0.3) is 0 Å². The van der Waals surface area contributed by atoms with E-state index < -0.39 is 17.7 Å². The number of aromatic nitrogens is 1. The number of primary amides is 2. The highest BCUT2D eigenvalue weighted by molar-refractivity contribution is 5.93. The summed E-state index contributed by atoms with van der Waals surface area (Å²) < 4.78 is 0. The summed E-state index contributed by atoms with van der Waals surface area (Å²) >= 11 is 0. The first-order valence-electron chi connectivity index (χ1n) is 5.76. The lowest BCUT2D eigenvalue weighted by molar-refractivity contribution is -0.127. The van der Waals surface area contributed by atoms with Gasteiger partial charge in [-0.3, -0.25) is 19.4 Å². The van der Waals surface area contributed by atoms with Crippen molar-refractivity contribution in [2.24, 2.45) is 17.4 Å². The molecule has 1 unspecified atom stereocenters. The van der Waals surface area contributed by atoms with E-state index >= 15 is 0 Å². The lowest BCUT2D eigenvalue weighted by Gasteiger charge is -2.11. The Morgan fingerprint density at radius 3 is 2.58 bits per heavy atom. The first-order valence-corrected chi connectivity index (χ1v) is 5.76. The molecule has 0 fully saturated rings. The molecule has 0 saturated heterocycles. The summed E-state index contributed by atoms with van der Waals surface area (Å²) in [6.45, 7) is 0.231. The summed E-state index contributed by atoms with van der Waals surface area (Å²) in [6.07, 6.45) is 3.15. The maximum Gasteiger partial charge on any atom is 0.252 e. The van der Waals surface area contributed by atoms with Gasteiger partial charge in [0.15, 0.2) is 0 Å². The van der Waals surface area contributed by atoms with Crippen LogP contribution >= 0.6 is 0 Å². The van der Waals surface area contributed by atoms with Gasteiger partial charge in [0.2, 0.25) is 11.8 Å². The number of hydrogen-bond donors (Lipinski definition) is 3. The summed E-state index contributed by atoms with van der Waals surface area (Å²) in [7, 11) is 0. The fourth-order valence-electron chi connectivity index (χ4n) is 1.55. The third-order valence-corrected chi connectivity index (χ3v) is 2.55. The van der Waals surface area contributed by atoms with Gasteiger partial charge in [-0.15, -0.1) is 0 Å². The average molecular weight is 264 g/mol. The summed E-state index contributed by atoms with van der Waals surface area (Å²) in [4.78, 5) is 37.3. The average Bonchev–Trinajstić information content (AvgIpc) is 2.37. The molecule has 102 valence electrons. The van der Waals surface area contributed by atoms with Crippen molar-refractivity contribution in [3.63, 3.8) is 0 Å². The first-order chi connectivity index (χ1) is 9.00. The van der Waals surface area contributed by atoms with Crippen molar-refractivity contribution in [3.8, 4) is 0 Å². The van der Waals surface area contributed by atoms with Crippen molar-refractivity contribution >= 4 is 17.7 Å². The lowest BCUT2D eigenvalue weighted by atomic mass is 10.0. The number of nitrogens with two attached hydrogens (primary N) is 2. The van der Waals surface area contributed by atoms with Crippen LogP contribution in [-0.4, -0.2) is 29.3 Å². The van der Waals surface area contributed by atoms with E-state index in [1.54, 1.807) is 18.3 Å². The van der Waals surface area contributed by atoms with Crippen molar-refractivity contribution in [2.45, 2.75) is 12.8 Å². The predicted molar refractivity (Wildman–Crippen MR) is 67.7 cm³/mol. The van der Waals surface area contributed by atoms with Crippen LogP contribution in [-0.2, 0) is 9.59 Å². The van der Waals surface area contributed by atoms with Gasteiger partial charge in [-0.2, -0.15) is 0 Å². The molecule has 0 aliphatic carbocycles. The fourth-order valence-corrected chi connectivity index (χ4v) is 1.55. The zero-order valence-electron chi connectivity index (χ0n) is 10.3. The SMILES string of the molecule is NC(=O)CC(CCNC(=O)c1cccnc1)C(N)=O. The molecule has 0 aromatic carbocycles. The lowest BCUT2D eigenvalue weighted by Crippen LogP contribution is -2.32. The minimum atomic E-state index is -0.660. The van der Waals surface area contributed by atoms with Crippen LogP contribution in [0.4, 0.5) is 0 Å². The molecule has 7 nitrogen and oxygen atoms in total. The van der Waals surface area contributed by atoms with Gasteiger partial charge in [0.1, 0.15) is 0 Å². The van der Waals surface area contributed by atoms with Crippen LogP contribution in [0.2, 0.25) is 0 Å². The summed E-state index contributed by atoms with van der Waals surface area (Å²) in [5.74, 6) is -2.15. The summed E-state index contributed by atoms with van der Waals surface area (Å²) in [5, 5.41) is 2.62. The van der Waals surface area contributed by atoms with E-state index in [9.17, 15) is 14.4 Å². The van der Waals surface area contributed by atoms with Gasteiger partial charge in [-0.25, -0.2) is 0 Å². The number of rotatable bonds is 7. The van der Waals surface area contributed by atoms with Crippen LogP contribution < -0.4 is 16.8 Å². The molecule has 5 N–H and O–H groups in total. The normalized spacial score (nSPS) is 11.6. The Hall–Kier alpha value is -2.44. The second-order valence-corrected chi connectivity index (χ2v) is 4.06. The molecule has 1 aromatic heterocycles. The predicted octanol–water partition coefficient (Wildman–Crippen LogP) is -0.822. The molecule has 1 atom stereocenters. The van der Waals surface area contributed by atoms with E-state index in [1.807, 2.05) is 0 Å². The van der Waals surface area contributed by atoms with Gasteiger partial charge >= 0.3 is 0 Å². The summed E-state index contributed by atoms with van der Waals surface area (Å²) in [6, 6.07) is 3.27. The van der Waals surface area contributed by atoms with Crippen LogP contribution in [0.5, 0.6) is 0 Å². The van der Waals surface area contributed by atoms with E-state index in [0.717, 1.165) is 0 Å². The molecule has 0 radical (unpaired) electrons. The zero-order valence-corrected chi connectivity index (χ0v) is 10.3. The van der Waals surface area contributed by atoms with E-state index in [-0.39, 0.29) is 25.3 Å². The van der Waals surface area contributed by atoms with E-state index in [2.05, 4.69) is 10.3 Å². The minimum absolute atomic E-state index is 0.113. The zero-order chi connectivity index (χ0) is 14.3. The summed E-state index contributed by atoms with van der Waals surface area (Å²) in [5.41, 5.74) is 10.6. The Morgan fingerprint density at radius 1 is 1.32 bits per heavy atom. The molecule has 7 heteroatoms. The van der Waals surface area contributed by atoms with Gasteiger partial charge in [0.05, 0.1) is 5.56 Å². The number of nitrogens with zero attached hydrogens (tertiary/aromatic N) is 1. The van der Waals surface area contributed by atoms with Gasteiger partial charge in [0.25, 0.3) is 5.91 Å². The van der Waals surface area contributed by atoms with Crippen LogP contribution in [0, 0.1) is 5.92 Å². The third-order valence-electron chi connectivity index (χ3n) is 2.55. The largest absolute Gasteiger partial charge is 0.370 e. The standard InChI is InChI=1S/C12H16N4O3/c13-10(17)6-8(11(14)18)3-5-16-12(19)9-2-1-4-15-7-9/h1-2,4,7-8H,3,5-6H2,(H2,13,17)(H2,14,18)(H,16,19). The number of amides is 3. The topological polar surface area (TPSA) is 128 Å². The highest BCUT2D eigenvalue weighted by Gasteiger charge is 2.18. The second kappa shape index (κ2) is 7.10. The molecule has 0 aliphatic heterocycles. The number of pyridine rings is 1. The van der Waals surface area contributed by atoms with Crippen LogP contribution in [0.15, 0.2) is 24.5 Å². The van der Waals surface area contributed by atoms with Gasteiger partial charge in [0, 0.05) is 31.3 Å². The molecule has 1 heterocycles. The fraction of sp³-hybridized carbons (Fsp3) is 0.333. The van der Waals surface area contributed by atoms with E-state index in [4.69, 9.17) is 11.5 Å². The highest BCUT2D eigenvalue weighted by Crippen LogP contribution is 2.06. The Bertz CT molecular complexity index is 461. The van der Waals surface area contributed by atoms with Crippen molar-refractivity contribution in [1.82, 2.24) is 10.3 Å². The molecule has 0 aliphatic rings. The molecule has 1 aromatic rings. The Morgan fingerprint density at radius 2 is 2.05 bits per heavy atom. The van der Waals surface area contributed by atoms with Gasteiger partial charge in [-0.1, -0.05) is 0 Å². The number of carbonyl (C=O) groups excluding carboxylic acids is 3. The molecule has 0 saturated carbocycles. The van der Waals surface area contributed by atoms with Crippen LogP contribution in [0.3, 0.4) is 0 Å². The van der Waals surface area contributed by atoms with Crippen molar-refractivity contribution in [3.05, 3.63) is 30.1 Å². The van der Waals surface area contributed by atoms with Crippen LogP contribution in [0.1, 0.15) is 23.2 Å². The molecule has 1 rings (SSSR count). The molecule has 0 bridgehead atoms. The quantitative estimate of drug-likeness (QED) is 0.594. The maximum absolute atomic E-state index is 11.7. The van der Waals surface area contributed by atoms with E-state index in [1.165, 1.54) is 6.20 Å². The van der Waals surface area contributed by atoms with Crippen molar-refractivity contribution < 1.29 is 14.4 Å². The highest BCUT2D eigenvalue weighted by atomic mass is 16.2.